The van der Waals surface area contributed by atoms with Gasteiger partial charge in [0, 0.05) is 26.4 Å². The Morgan fingerprint density at radius 1 is 1.12 bits per heavy atom. The quantitative estimate of drug-likeness (QED) is 0.478. The second kappa shape index (κ2) is 23.8. The molecule has 0 radical (unpaired) electrons. The molecule has 0 saturated carbocycles. The summed E-state index contributed by atoms with van der Waals surface area (Å²) in [5.74, 6) is -0.968. The standard InChI is InChI=1S/C4H10O2.C4H10O.C2H5NO2/c5-3-1-2-4-6;1-3-5-4-2;3-1-2(4)5/h5-6H,1-4H2;3-4H2,1-2H3;1,3H2,(H,4,5). The van der Waals surface area contributed by atoms with Crippen LogP contribution in [0.1, 0.15) is 26.7 Å². The highest BCUT2D eigenvalue weighted by atomic mass is 16.5. The van der Waals surface area contributed by atoms with E-state index in [1.54, 1.807) is 0 Å². The number of rotatable bonds is 6. The Morgan fingerprint density at radius 2 is 1.44 bits per heavy atom. The monoisotopic (exact) mass is 239 g/mol. The molecular formula is C10H25NO5. The van der Waals surface area contributed by atoms with Crippen molar-refractivity contribution in [3.63, 3.8) is 0 Å². The first-order chi connectivity index (χ1) is 7.60. The first-order valence-electron chi connectivity index (χ1n) is 5.31. The molecule has 0 bridgehead atoms. The van der Waals surface area contributed by atoms with Gasteiger partial charge < -0.3 is 25.8 Å². The summed E-state index contributed by atoms with van der Waals surface area (Å²) in [4.78, 5) is 9.24. The smallest absolute Gasteiger partial charge is 0.317 e. The van der Waals surface area contributed by atoms with Crippen LogP contribution in [0.4, 0.5) is 0 Å². The van der Waals surface area contributed by atoms with Gasteiger partial charge in [0.25, 0.3) is 0 Å². The summed E-state index contributed by atoms with van der Waals surface area (Å²) in [7, 11) is 0. The van der Waals surface area contributed by atoms with Crippen molar-refractivity contribution in [2.75, 3.05) is 33.0 Å². The minimum atomic E-state index is -0.968. The molecule has 0 spiro atoms. The molecule has 0 aliphatic heterocycles. The molecule has 0 heterocycles. The minimum Gasteiger partial charge on any atom is -0.480 e. The number of carbonyl (C=O) groups is 1. The van der Waals surface area contributed by atoms with Crippen molar-refractivity contribution in [2.24, 2.45) is 5.73 Å². The number of ether oxygens (including phenoxy) is 1. The zero-order valence-corrected chi connectivity index (χ0v) is 10.2. The molecular weight excluding hydrogens is 214 g/mol. The van der Waals surface area contributed by atoms with Gasteiger partial charge in [-0.2, -0.15) is 0 Å². The van der Waals surface area contributed by atoms with Gasteiger partial charge >= 0.3 is 5.97 Å². The van der Waals surface area contributed by atoms with Crippen molar-refractivity contribution in [3.05, 3.63) is 0 Å². The Hall–Kier alpha value is -0.690. The van der Waals surface area contributed by atoms with Crippen LogP contribution in [0.5, 0.6) is 0 Å². The lowest BCUT2D eigenvalue weighted by Gasteiger charge is -1.86. The Balaban J connectivity index is -0.000000160. The van der Waals surface area contributed by atoms with E-state index in [1.807, 2.05) is 13.8 Å². The van der Waals surface area contributed by atoms with Gasteiger partial charge in [0.15, 0.2) is 0 Å². The molecule has 0 unspecified atom stereocenters. The van der Waals surface area contributed by atoms with Crippen LogP contribution < -0.4 is 5.73 Å². The third kappa shape index (κ3) is 50.7. The first-order valence-corrected chi connectivity index (χ1v) is 5.31. The zero-order chi connectivity index (χ0) is 13.2. The van der Waals surface area contributed by atoms with Crippen molar-refractivity contribution in [1.29, 1.82) is 0 Å². The van der Waals surface area contributed by atoms with Crippen LogP contribution in [0.3, 0.4) is 0 Å². The van der Waals surface area contributed by atoms with Gasteiger partial charge in [0.1, 0.15) is 0 Å². The Labute approximate surface area is 97.0 Å². The van der Waals surface area contributed by atoms with Crippen LogP contribution in [-0.2, 0) is 9.53 Å². The number of aliphatic hydroxyl groups excluding tert-OH is 2. The molecule has 0 fully saturated rings. The summed E-state index contributed by atoms with van der Waals surface area (Å²) < 4.78 is 4.83. The van der Waals surface area contributed by atoms with E-state index >= 15 is 0 Å². The maximum atomic E-state index is 9.24. The summed E-state index contributed by atoms with van der Waals surface area (Å²) in [6.07, 6.45) is 1.44. The van der Waals surface area contributed by atoms with Gasteiger partial charge in [-0.1, -0.05) is 0 Å². The van der Waals surface area contributed by atoms with Crippen LogP contribution in [0.2, 0.25) is 0 Å². The van der Waals surface area contributed by atoms with Gasteiger partial charge in [-0.05, 0) is 26.7 Å². The third-order valence-corrected chi connectivity index (χ3v) is 1.15. The Kier molecular flexibility index (Phi) is 30.8. The molecule has 0 saturated heterocycles. The fraction of sp³-hybridized carbons (Fsp3) is 0.900. The number of aliphatic carboxylic acids is 1. The van der Waals surface area contributed by atoms with Gasteiger partial charge in [0.05, 0.1) is 6.54 Å². The van der Waals surface area contributed by atoms with Gasteiger partial charge in [0.2, 0.25) is 0 Å². The predicted molar refractivity (Wildman–Crippen MR) is 62.3 cm³/mol. The summed E-state index contributed by atoms with van der Waals surface area (Å²) in [6.45, 7) is 5.78. The molecule has 6 nitrogen and oxygen atoms in total. The Bertz CT molecular complexity index is 116. The molecule has 0 amide bonds. The highest BCUT2D eigenvalue weighted by molar-refractivity contribution is 5.68. The number of carboxylic acids is 1. The van der Waals surface area contributed by atoms with E-state index in [2.05, 4.69) is 5.73 Å². The molecule has 0 aromatic rings. The molecule has 6 heteroatoms. The van der Waals surface area contributed by atoms with E-state index < -0.39 is 5.97 Å². The number of hydrogen-bond acceptors (Lipinski definition) is 5. The Morgan fingerprint density at radius 3 is 1.50 bits per heavy atom. The van der Waals surface area contributed by atoms with Crippen molar-refractivity contribution < 1.29 is 24.9 Å². The van der Waals surface area contributed by atoms with E-state index in [0.29, 0.717) is 0 Å². The van der Waals surface area contributed by atoms with Crippen LogP contribution >= 0.6 is 0 Å². The molecule has 100 valence electrons. The topological polar surface area (TPSA) is 113 Å². The highest BCUT2D eigenvalue weighted by Gasteiger charge is 1.81. The summed E-state index contributed by atoms with van der Waals surface area (Å²) in [6, 6.07) is 0. The average molecular weight is 239 g/mol. The largest absolute Gasteiger partial charge is 0.480 e. The second-order valence-electron chi connectivity index (χ2n) is 2.53. The molecule has 16 heavy (non-hydrogen) atoms. The summed E-state index contributed by atoms with van der Waals surface area (Å²) in [5, 5.41) is 23.8. The van der Waals surface area contributed by atoms with E-state index in [-0.39, 0.29) is 19.8 Å². The van der Waals surface area contributed by atoms with Crippen LogP contribution in [-0.4, -0.2) is 54.3 Å². The summed E-state index contributed by atoms with van der Waals surface area (Å²) in [5.41, 5.74) is 4.57. The lowest BCUT2D eigenvalue weighted by Crippen LogP contribution is -2.10. The van der Waals surface area contributed by atoms with Crippen molar-refractivity contribution in [3.8, 4) is 0 Å². The van der Waals surface area contributed by atoms with Gasteiger partial charge in [-0.3, -0.25) is 4.79 Å². The van der Waals surface area contributed by atoms with E-state index in [0.717, 1.165) is 26.1 Å². The number of unbranched alkanes of at least 4 members (excludes halogenated alkanes) is 1. The first kappa shape index (κ1) is 20.7. The van der Waals surface area contributed by atoms with Crippen molar-refractivity contribution in [2.45, 2.75) is 26.7 Å². The van der Waals surface area contributed by atoms with E-state index in [1.165, 1.54) is 0 Å². The highest BCUT2D eigenvalue weighted by Crippen LogP contribution is 1.80. The van der Waals surface area contributed by atoms with Crippen LogP contribution in [0.15, 0.2) is 0 Å². The molecule has 0 atom stereocenters. The zero-order valence-electron chi connectivity index (χ0n) is 10.2. The lowest BCUT2D eigenvalue weighted by molar-refractivity contribution is -0.135. The maximum absolute atomic E-state index is 9.24. The minimum absolute atomic E-state index is 0.195. The maximum Gasteiger partial charge on any atom is 0.317 e. The molecule has 0 aromatic heterocycles. The van der Waals surface area contributed by atoms with Crippen molar-refractivity contribution >= 4 is 5.97 Å². The van der Waals surface area contributed by atoms with Gasteiger partial charge in [-0.15, -0.1) is 0 Å². The fourth-order valence-electron chi connectivity index (χ4n) is 0.428. The number of hydrogen-bond donors (Lipinski definition) is 4. The summed E-state index contributed by atoms with van der Waals surface area (Å²) >= 11 is 0. The number of nitrogens with two attached hydrogens (primary N) is 1. The molecule has 0 aromatic carbocycles. The van der Waals surface area contributed by atoms with E-state index in [9.17, 15) is 4.79 Å². The third-order valence-electron chi connectivity index (χ3n) is 1.15. The SMILES string of the molecule is CCOCC.NCC(=O)O.OCCCCO. The lowest BCUT2D eigenvalue weighted by atomic mass is 10.3. The van der Waals surface area contributed by atoms with Crippen LogP contribution in [0.25, 0.3) is 0 Å². The van der Waals surface area contributed by atoms with E-state index in [4.69, 9.17) is 20.1 Å². The second-order valence-corrected chi connectivity index (χ2v) is 2.53. The molecule has 5 N–H and O–H groups in total. The average Bonchev–Trinajstić information content (AvgIpc) is 2.29. The predicted octanol–water partition coefficient (Wildman–Crippen LogP) is -0.176. The molecule has 0 rings (SSSR count). The number of aliphatic hydroxyl groups is 2. The van der Waals surface area contributed by atoms with Crippen molar-refractivity contribution in [1.82, 2.24) is 0 Å². The van der Waals surface area contributed by atoms with Crippen LogP contribution in [0, 0.1) is 0 Å². The van der Waals surface area contributed by atoms with Gasteiger partial charge in [-0.25, -0.2) is 0 Å². The fourth-order valence-corrected chi connectivity index (χ4v) is 0.428. The molecule has 0 aliphatic rings. The normalized spacial score (nSPS) is 8.31. The molecule has 0 aliphatic carbocycles. The number of carboxylic acid groups (broad SMARTS) is 1.